The van der Waals surface area contributed by atoms with Gasteiger partial charge in [-0.15, -0.1) is 6.58 Å². The fourth-order valence-electron chi connectivity index (χ4n) is 1.23. The molecule has 0 bridgehead atoms. The molecule has 0 aliphatic rings. The number of carbonyl (C=O) groups is 1. The lowest BCUT2D eigenvalue weighted by Crippen LogP contribution is -2.30. The van der Waals surface area contributed by atoms with E-state index in [0.29, 0.717) is 22.7 Å². The van der Waals surface area contributed by atoms with E-state index >= 15 is 0 Å². The number of nitrogens with one attached hydrogen (secondary N) is 1. The van der Waals surface area contributed by atoms with Gasteiger partial charge >= 0.3 is 0 Å². The first-order valence-electron chi connectivity index (χ1n) is 5.30. The number of aromatic nitrogens is 1. The van der Waals surface area contributed by atoms with Gasteiger partial charge in [0.1, 0.15) is 16.6 Å². The molecular weight excluding hydrogens is 234 g/mol. The molecule has 0 saturated heterocycles. The van der Waals surface area contributed by atoms with Crippen molar-refractivity contribution in [3.63, 3.8) is 0 Å². The Morgan fingerprint density at radius 2 is 2.41 bits per heavy atom. The molecule has 0 aromatic carbocycles. The van der Waals surface area contributed by atoms with Crippen LogP contribution in [0.15, 0.2) is 12.7 Å². The summed E-state index contributed by atoms with van der Waals surface area (Å²) in [7, 11) is 0. The Balaban J connectivity index is 2.96. The summed E-state index contributed by atoms with van der Waals surface area (Å²) >= 11 is 1.13. The van der Waals surface area contributed by atoms with Crippen LogP contribution in [0.5, 0.6) is 0 Å². The van der Waals surface area contributed by atoms with Gasteiger partial charge in [-0.05, 0) is 31.8 Å². The molecule has 1 atom stereocenters. The molecule has 90 valence electrons. The van der Waals surface area contributed by atoms with E-state index in [1.54, 1.807) is 13.0 Å². The molecule has 0 aliphatic carbocycles. The molecule has 0 spiro atoms. The number of nitrogens with zero attached hydrogens (tertiary/aromatic N) is 2. The van der Waals surface area contributed by atoms with Crippen LogP contribution in [0.25, 0.3) is 0 Å². The summed E-state index contributed by atoms with van der Waals surface area (Å²) in [6.45, 7) is 9.16. The lowest BCUT2D eigenvalue weighted by molar-refractivity contribution is -0.122. The van der Waals surface area contributed by atoms with Crippen LogP contribution in [-0.4, -0.2) is 10.3 Å². The van der Waals surface area contributed by atoms with Crippen molar-refractivity contribution in [3.8, 4) is 6.07 Å². The second-order valence-electron chi connectivity index (χ2n) is 4.01. The van der Waals surface area contributed by atoms with E-state index in [2.05, 4.69) is 16.3 Å². The van der Waals surface area contributed by atoms with Crippen LogP contribution in [0.1, 0.15) is 31.5 Å². The Labute approximate surface area is 105 Å². The van der Waals surface area contributed by atoms with Gasteiger partial charge in [-0.3, -0.25) is 4.79 Å². The van der Waals surface area contributed by atoms with E-state index in [0.717, 1.165) is 11.5 Å². The molecule has 0 fully saturated rings. The van der Waals surface area contributed by atoms with Crippen LogP contribution >= 0.6 is 11.5 Å². The van der Waals surface area contributed by atoms with Gasteiger partial charge in [0.2, 0.25) is 5.91 Å². The van der Waals surface area contributed by atoms with Gasteiger partial charge in [-0.2, -0.15) is 9.64 Å². The molecule has 1 heterocycles. The molecule has 1 unspecified atom stereocenters. The summed E-state index contributed by atoms with van der Waals surface area (Å²) in [5, 5.41) is 12.2. The molecule has 5 heteroatoms. The van der Waals surface area contributed by atoms with E-state index in [1.165, 1.54) is 0 Å². The Morgan fingerprint density at radius 1 is 1.76 bits per heavy atom. The van der Waals surface area contributed by atoms with Gasteiger partial charge in [-0.1, -0.05) is 13.0 Å². The Morgan fingerprint density at radius 3 is 2.88 bits per heavy atom. The Kier molecular flexibility index (Phi) is 4.02. The third-order valence-electron chi connectivity index (χ3n) is 2.91. The number of nitriles is 1. The molecule has 1 aromatic rings. The zero-order valence-corrected chi connectivity index (χ0v) is 11.0. The maximum absolute atomic E-state index is 12.1. The minimum atomic E-state index is -0.620. The van der Waals surface area contributed by atoms with Crippen LogP contribution in [0, 0.1) is 23.7 Å². The molecule has 0 saturated carbocycles. The quantitative estimate of drug-likeness (QED) is 0.834. The fraction of sp³-hybridized carbons (Fsp3) is 0.417. The molecule has 0 aliphatic heterocycles. The van der Waals surface area contributed by atoms with Crippen molar-refractivity contribution in [1.29, 1.82) is 5.26 Å². The first-order valence-corrected chi connectivity index (χ1v) is 6.07. The van der Waals surface area contributed by atoms with Gasteiger partial charge in [0.05, 0.1) is 11.1 Å². The van der Waals surface area contributed by atoms with Crippen LogP contribution in [0.4, 0.5) is 5.00 Å². The van der Waals surface area contributed by atoms with Crippen LogP contribution in [0.2, 0.25) is 0 Å². The average molecular weight is 249 g/mol. The predicted octanol–water partition coefficient (Wildman–Crippen LogP) is 2.86. The van der Waals surface area contributed by atoms with Crippen molar-refractivity contribution >= 4 is 22.4 Å². The van der Waals surface area contributed by atoms with E-state index in [9.17, 15) is 4.79 Å². The van der Waals surface area contributed by atoms with E-state index in [-0.39, 0.29) is 5.91 Å². The largest absolute Gasteiger partial charge is 0.315 e. The predicted molar refractivity (Wildman–Crippen MR) is 68.8 cm³/mol. The lowest BCUT2D eigenvalue weighted by atomic mass is 9.87. The molecule has 1 aromatic heterocycles. The zero-order chi connectivity index (χ0) is 13.1. The highest BCUT2D eigenvalue weighted by Gasteiger charge is 2.28. The van der Waals surface area contributed by atoms with E-state index < -0.39 is 5.41 Å². The van der Waals surface area contributed by atoms with E-state index in [4.69, 9.17) is 5.26 Å². The molecule has 1 rings (SSSR count). The third-order valence-corrected chi connectivity index (χ3v) is 3.76. The number of hydrogen-bond acceptors (Lipinski definition) is 4. The summed E-state index contributed by atoms with van der Waals surface area (Å²) in [4.78, 5) is 12.1. The highest BCUT2D eigenvalue weighted by Crippen LogP contribution is 2.28. The monoisotopic (exact) mass is 249 g/mol. The standard InChI is InChI=1S/C12H15N3OS/c1-5-12(4,6-2)11(16)14-10-9(7-13)8(3)15-17-10/h5H,1,6H2,2-4H3,(H,14,16). The van der Waals surface area contributed by atoms with Crippen molar-refractivity contribution in [1.82, 2.24) is 4.37 Å². The van der Waals surface area contributed by atoms with Crippen molar-refractivity contribution in [2.45, 2.75) is 27.2 Å². The molecule has 17 heavy (non-hydrogen) atoms. The minimum absolute atomic E-state index is 0.157. The van der Waals surface area contributed by atoms with Crippen molar-refractivity contribution in [2.24, 2.45) is 5.41 Å². The maximum Gasteiger partial charge on any atom is 0.234 e. The van der Waals surface area contributed by atoms with Crippen molar-refractivity contribution in [3.05, 3.63) is 23.9 Å². The SMILES string of the molecule is C=CC(C)(CC)C(=O)Nc1snc(C)c1C#N. The summed E-state index contributed by atoms with van der Waals surface area (Å²) < 4.78 is 4.05. The Bertz CT molecular complexity index is 486. The smallest absolute Gasteiger partial charge is 0.234 e. The topological polar surface area (TPSA) is 65.8 Å². The van der Waals surface area contributed by atoms with Gasteiger partial charge in [-0.25, -0.2) is 0 Å². The second-order valence-corrected chi connectivity index (χ2v) is 4.79. The summed E-state index contributed by atoms with van der Waals surface area (Å²) in [5.74, 6) is -0.157. The van der Waals surface area contributed by atoms with Crippen LogP contribution in [0.3, 0.4) is 0 Å². The van der Waals surface area contributed by atoms with Crippen LogP contribution in [-0.2, 0) is 4.79 Å². The second kappa shape index (κ2) is 5.11. The first-order chi connectivity index (χ1) is 7.98. The molecule has 1 amide bonds. The highest BCUT2D eigenvalue weighted by atomic mass is 32.1. The Hall–Kier alpha value is -1.67. The molecular formula is C12H15N3OS. The third kappa shape index (κ3) is 2.53. The minimum Gasteiger partial charge on any atom is -0.315 e. The summed E-state index contributed by atoms with van der Waals surface area (Å²) in [5.41, 5.74) is 0.459. The summed E-state index contributed by atoms with van der Waals surface area (Å²) in [6.07, 6.45) is 2.28. The van der Waals surface area contributed by atoms with E-state index in [1.807, 2.05) is 19.9 Å². The highest BCUT2D eigenvalue weighted by molar-refractivity contribution is 7.10. The molecule has 1 N–H and O–H groups in total. The maximum atomic E-state index is 12.1. The first kappa shape index (κ1) is 13.4. The molecule has 4 nitrogen and oxygen atoms in total. The van der Waals surface area contributed by atoms with Crippen LogP contribution < -0.4 is 5.32 Å². The van der Waals surface area contributed by atoms with Crippen molar-refractivity contribution in [2.75, 3.05) is 5.32 Å². The molecule has 0 radical (unpaired) electrons. The number of aryl methyl sites for hydroxylation is 1. The number of amides is 1. The number of anilines is 1. The van der Waals surface area contributed by atoms with Gasteiger partial charge < -0.3 is 5.32 Å². The average Bonchev–Trinajstić information content (AvgIpc) is 2.68. The fourth-order valence-corrected chi connectivity index (χ4v) is 1.97. The number of carbonyl (C=O) groups excluding carboxylic acids is 1. The summed E-state index contributed by atoms with van der Waals surface area (Å²) in [6, 6.07) is 2.04. The number of rotatable bonds is 4. The van der Waals surface area contributed by atoms with Gasteiger partial charge in [0, 0.05) is 0 Å². The van der Waals surface area contributed by atoms with Gasteiger partial charge in [0.15, 0.2) is 0 Å². The zero-order valence-electron chi connectivity index (χ0n) is 10.2. The van der Waals surface area contributed by atoms with Crippen molar-refractivity contribution < 1.29 is 4.79 Å². The van der Waals surface area contributed by atoms with Gasteiger partial charge in [0.25, 0.3) is 0 Å². The lowest BCUT2D eigenvalue weighted by Gasteiger charge is -2.21. The normalized spacial score (nSPS) is 13.5. The number of hydrogen-bond donors (Lipinski definition) is 1.